The van der Waals surface area contributed by atoms with Crippen molar-refractivity contribution in [3.8, 4) is 11.1 Å². The summed E-state index contributed by atoms with van der Waals surface area (Å²) in [7, 11) is 1.91. The molecule has 9 heteroatoms. The number of hydrogen-bond donors (Lipinski definition) is 0. The van der Waals surface area contributed by atoms with Crippen molar-refractivity contribution in [2.24, 2.45) is 7.05 Å². The molecule has 0 aliphatic carbocycles. The quantitative estimate of drug-likeness (QED) is 0.462. The maximum atomic E-state index is 4.58. The summed E-state index contributed by atoms with van der Waals surface area (Å²) in [5, 5.41) is 20.2. The fraction of sp³-hybridized carbons (Fsp3) is 0.167. The highest BCUT2D eigenvalue weighted by atomic mass is 32.2. The van der Waals surface area contributed by atoms with Crippen LogP contribution >= 0.6 is 23.1 Å². The van der Waals surface area contributed by atoms with E-state index in [-0.39, 0.29) is 0 Å². The summed E-state index contributed by atoms with van der Waals surface area (Å²) in [6, 6.07) is 8.35. The van der Waals surface area contributed by atoms with Gasteiger partial charge in [0.1, 0.15) is 5.01 Å². The second-order valence-electron chi connectivity index (χ2n) is 6.11. The molecule has 0 atom stereocenters. The predicted octanol–water partition coefficient (Wildman–Crippen LogP) is 3.85. The Labute approximate surface area is 163 Å². The SMILES string of the molecule is CCc1nn2c(Sc3ccc4ncc(-c5cnn(C)c5)cc4c3)nnc2s1. The van der Waals surface area contributed by atoms with Crippen LogP contribution in [0.25, 0.3) is 27.0 Å². The van der Waals surface area contributed by atoms with E-state index in [1.807, 2.05) is 36.2 Å². The molecule has 27 heavy (non-hydrogen) atoms. The summed E-state index contributed by atoms with van der Waals surface area (Å²) < 4.78 is 3.61. The maximum Gasteiger partial charge on any atom is 0.235 e. The minimum absolute atomic E-state index is 0.775. The van der Waals surface area contributed by atoms with Gasteiger partial charge in [0, 0.05) is 40.8 Å². The maximum absolute atomic E-state index is 4.58. The first-order valence-electron chi connectivity index (χ1n) is 8.47. The predicted molar refractivity (Wildman–Crippen MR) is 106 cm³/mol. The lowest BCUT2D eigenvalue weighted by Crippen LogP contribution is -1.90. The van der Waals surface area contributed by atoms with Gasteiger partial charge >= 0.3 is 0 Å². The molecule has 0 radical (unpaired) electrons. The van der Waals surface area contributed by atoms with E-state index >= 15 is 0 Å². The summed E-state index contributed by atoms with van der Waals surface area (Å²) in [5.74, 6) is 0. The van der Waals surface area contributed by atoms with Gasteiger partial charge in [-0.05, 0) is 42.4 Å². The Morgan fingerprint density at radius 3 is 2.85 bits per heavy atom. The van der Waals surface area contributed by atoms with Gasteiger partial charge in [0.25, 0.3) is 0 Å². The molecule has 0 amide bonds. The molecule has 5 aromatic rings. The summed E-state index contributed by atoms with van der Waals surface area (Å²) in [4.78, 5) is 6.49. The molecule has 0 saturated carbocycles. The summed E-state index contributed by atoms with van der Waals surface area (Å²) in [5.41, 5.74) is 3.06. The zero-order valence-electron chi connectivity index (χ0n) is 14.7. The van der Waals surface area contributed by atoms with Crippen LogP contribution in [0, 0.1) is 0 Å². The molecule has 0 aliphatic rings. The van der Waals surface area contributed by atoms with Crippen molar-refractivity contribution in [1.29, 1.82) is 0 Å². The van der Waals surface area contributed by atoms with E-state index in [0.717, 1.165) is 48.5 Å². The van der Waals surface area contributed by atoms with E-state index in [1.165, 1.54) is 0 Å². The number of aromatic nitrogens is 7. The van der Waals surface area contributed by atoms with Crippen LogP contribution in [0.5, 0.6) is 0 Å². The standard InChI is InChI=1S/C18H15N7S2/c1-3-16-23-25-17(21-22-18(25)27-16)26-14-4-5-15-11(7-14)6-12(8-19-15)13-9-20-24(2)10-13/h4-10H,3H2,1-2H3. The second kappa shape index (κ2) is 6.43. The van der Waals surface area contributed by atoms with Crippen molar-refractivity contribution >= 4 is 39.0 Å². The molecule has 1 aromatic carbocycles. The third-order valence-electron chi connectivity index (χ3n) is 4.21. The lowest BCUT2D eigenvalue weighted by Gasteiger charge is -2.04. The molecular weight excluding hydrogens is 378 g/mol. The van der Waals surface area contributed by atoms with Gasteiger partial charge in [-0.2, -0.15) is 14.7 Å². The fourth-order valence-corrected chi connectivity index (χ4v) is 4.51. The molecule has 0 fully saturated rings. The molecule has 0 N–H and O–H groups in total. The van der Waals surface area contributed by atoms with E-state index < -0.39 is 0 Å². The summed E-state index contributed by atoms with van der Waals surface area (Å²) in [6.07, 6.45) is 6.62. The van der Waals surface area contributed by atoms with Crippen LogP contribution in [0.15, 0.2) is 52.9 Å². The highest BCUT2D eigenvalue weighted by molar-refractivity contribution is 7.99. The molecule has 7 nitrogen and oxygen atoms in total. The lowest BCUT2D eigenvalue weighted by atomic mass is 10.1. The van der Waals surface area contributed by atoms with E-state index in [2.05, 4.69) is 50.5 Å². The zero-order chi connectivity index (χ0) is 18.4. The number of fused-ring (bicyclic) bond motifs is 2. The molecule has 0 aliphatic heterocycles. The van der Waals surface area contributed by atoms with Crippen LogP contribution < -0.4 is 0 Å². The van der Waals surface area contributed by atoms with E-state index in [0.29, 0.717) is 0 Å². The summed E-state index contributed by atoms with van der Waals surface area (Å²) in [6.45, 7) is 2.09. The van der Waals surface area contributed by atoms with Gasteiger partial charge in [-0.3, -0.25) is 9.67 Å². The first kappa shape index (κ1) is 16.4. The van der Waals surface area contributed by atoms with Crippen LogP contribution in [-0.4, -0.2) is 34.6 Å². The number of benzene rings is 1. The summed E-state index contributed by atoms with van der Waals surface area (Å²) >= 11 is 3.14. The normalized spacial score (nSPS) is 11.6. The van der Waals surface area contributed by atoms with Gasteiger partial charge in [-0.25, -0.2) is 0 Å². The van der Waals surface area contributed by atoms with Gasteiger partial charge < -0.3 is 0 Å². The Morgan fingerprint density at radius 1 is 1.11 bits per heavy atom. The third-order valence-corrected chi connectivity index (χ3v) is 6.18. The van der Waals surface area contributed by atoms with Crippen LogP contribution in [0.4, 0.5) is 0 Å². The molecule has 4 aromatic heterocycles. The van der Waals surface area contributed by atoms with Crippen LogP contribution in [-0.2, 0) is 13.5 Å². The Bertz CT molecular complexity index is 1270. The van der Waals surface area contributed by atoms with E-state index in [9.17, 15) is 0 Å². The third kappa shape index (κ3) is 2.98. The Balaban J connectivity index is 1.51. The van der Waals surface area contributed by atoms with Crippen LogP contribution in [0.2, 0.25) is 0 Å². The minimum atomic E-state index is 0.775. The highest BCUT2D eigenvalue weighted by Crippen LogP contribution is 2.31. The lowest BCUT2D eigenvalue weighted by molar-refractivity contribution is 0.768. The Hall–Kier alpha value is -2.78. The average Bonchev–Trinajstić information content (AvgIpc) is 3.38. The number of hydrogen-bond acceptors (Lipinski definition) is 7. The van der Waals surface area contributed by atoms with Crippen molar-refractivity contribution < 1.29 is 0 Å². The molecule has 0 saturated heterocycles. The molecule has 134 valence electrons. The van der Waals surface area contributed by atoms with Crippen molar-refractivity contribution in [2.45, 2.75) is 23.4 Å². The smallest absolute Gasteiger partial charge is 0.235 e. The number of rotatable bonds is 4. The molecular formula is C18H15N7S2. The number of pyridine rings is 1. The molecule has 5 rings (SSSR count). The average molecular weight is 394 g/mol. The zero-order valence-corrected chi connectivity index (χ0v) is 16.3. The largest absolute Gasteiger partial charge is 0.275 e. The van der Waals surface area contributed by atoms with Crippen LogP contribution in [0.3, 0.4) is 0 Å². The van der Waals surface area contributed by atoms with Gasteiger partial charge in [-0.1, -0.05) is 18.3 Å². The van der Waals surface area contributed by atoms with E-state index in [4.69, 9.17) is 0 Å². The van der Waals surface area contributed by atoms with Crippen molar-refractivity contribution in [3.05, 3.63) is 47.9 Å². The van der Waals surface area contributed by atoms with Crippen molar-refractivity contribution in [3.63, 3.8) is 0 Å². The molecule has 4 heterocycles. The topological polar surface area (TPSA) is 73.8 Å². The fourth-order valence-electron chi connectivity index (χ4n) is 2.85. The van der Waals surface area contributed by atoms with Gasteiger partial charge in [0.15, 0.2) is 0 Å². The minimum Gasteiger partial charge on any atom is -0.275 e. The molecule has 0 spiro atoms. The highest BCUT2D eigenvalue weighted by Gasteiger charge is 2.13. The van der Waals surface area contributed by atoms with Gasteiger partial charge in [-0.15, -0.1) is 10.2 Å². The molecule has 0 bridgehead atoms. The monoisotopic (exact) mass is 393 g/mol. The first-order valence-corrected chi connectivity index (χ1v) is 10.1. The molecule has 0 unspecified atom stereocenters. The second-order valence-corrected chi connectivity index (χ2v) is 8.19. The van der Waals surface area contributed by atoms with E-state index in [1.54, 1.807) is 27.8 Å². The van der Waals surface area contributed by atoms with Crippen molar-refractivity contribution in [2.75, 3.05) is 0 Å². The number of aryl methyl sites for hydroxylation is 2. The van der Waals surface area contributed by atoms with Crippen LogP contribution in [0.1, 0.15) is 11.9 Å². The van der Waals surface area contributed by atoms with Gasteiger partial charge in [0.05, 0.1) is 11.7 Å². The number of nitrogens with zero attached hydrogens (tertiary/aromatic N) is 7. The van der Waals surface area contributed by atoms with Crippen molar-refractivity contribution in [1.82, 2.24) is 34.6 Å². The first-order chi connectivity index (χ1) is 13.2. The van der Waals surface area contributed by atoms with Gasteiger partial charge in [0.2, 0.25) is 10.1 Å². The Morgan fingerprint density at radius 2 is 2.04 bits per heavy atom. The Kier molecular flexibility index (Phi) is 3.91.